The number of rotatable bonds is 2. The molecule has 4 aliphatic carbocycles. The number of fused-ring (bicyclic) bond motifs is 4. The molecule has 3 nitrogen and oxygen atoms in total. The zero-order valence-electron chi connectivity index (χ0n) is 15.0. The van der Waals surface area contributed by atoms with Crippen molar-refractivity contribution in [3.05, 3.63) is 23.0 Å². The lowest BCUT2D eigenvalue weighted by Gasteiger charge is -2.53. The first-order valence-electron chi connectivity index (χ1n) is 9.55. The first-order valence-corrected chi connectivity index (χ1v) is 9.55. The summed E-state index contributed by atoms with van der Waals surface area (Å²) in [5.74, 6) is 3.12. The number of nitriles is 1. The molecule has 5 atom stereocenters. The van der Waals surface area contributed by atoms with Gasteiger partial charge in [0.2, 0.25) is 0 Å². The van der Waals surface area contributed by atoms with Crippen LogP contribution >= 0.6 is 0 Å². The van der Waals surface area contributed by atoms with Gasteiger partial charge in [-0.2, -0.15) is 5.26 Å². The van der Waals surface area contributed by atoms with Crippen LogP contribution in [0.5, 0.6) is 0 Å². The first kappa shape index (κ1) is 16.2. The zero-order valence-corrected chi connectivity index (χ0v) is 15.0. The zero-order chi connectivity index (χ0) is 16.9. The van der Waals surface area contributed by atoms with Crippen LogP contribution in [0, 0.1) is 34.5 Å². The second-order valence-electron chi connectivity index (χ2n) is 8.66. The quantitative estimate of drug-likeness (QED) is 0.760. The van der Waals surface area contributed by atoms with Gasteiger partial charge >= 0.3 is 0 Å². The van der Waals surface area contributed by atoms with Gasteiger partial charge in [-0.05, 0) is 68.8 Å². The smallest absolute Gasteiger partial charge is 0.0959 e. The predicted molar refractivity (Wildman–Crippen MR) is 92.8 cm³/mol. The van der Waals surface area contributed by atoms with Crippen molar-refractivity contribution in [2.24, 2.45) is 23.2 Å². The van der Waals surface area contributed by atoms with Crippen LogP contribution < -0.4 is 0 Å². The Hall–Kier alpha value is -1.27. The molecule has 130 valence electrons. The van der Waals surface area contributed by atoms with Crippen molar-refractivity contribution >= 4 is 0 Å². The molecule has 0 spiro atoms. The minimum atomic E-state index is -0.762. The second kappa shape index (κ2) is 5.63. The van der Waals surface area contributed by atoms with E-state index in [4.69, 9.17) is 4.74 Å². The van der Waals surface area contributed by atoms with Gasteiger partial charge in [-0.15, -0.1) is 0 Å². The Balaban J connectivity index is 1.61. The van der Waals surface area contributed by atoms with Crippen molar-refractivity contribution in [2.45, 2.75) is 70.3 Å². The number of aliphatic hydroxyl groups is 1. The summed E-state index contributed by atoms with van der Waals surface area (Å²) in [6.45, 7) is 2.27. The molecule has 0 bridgehead atoms. The maximum atomic E-state index is 11.2. The molecule has 0 aromatic rings. The molecular formula is C21H29NO2. The summed E-state index contributed by atoms with van der Waals surface area (Å²) in [6.07, 6.45) is 11.2. The summed E-state index contributed by atoms with van der Waals surface area (Å²) in [5, 5.41) is 20.4. The molecule has 2 saturated carbocycles. The van der Waals surface area contributed by atoms with E-state index in [-0.39, 0.29) is 5.41 Å². The maximum absolute atomic E-state index is 11.2. The van der Waals surface area contributed by atoms with Crippen molar-refractivity contribution in [1.29, 1.82) is 5.26 Å². The lowest BCUT2D eigenvalue weighted by Crippen LogP contribution is -2.51. The van der Waals surface area contributed by atoms with Gasteiger partial charge in [0.05, 0.1) is 31.0 Å². The minimum absolute atomic E-state index is 0.0653. The molecule has 24 heavy (non-hydrogen) atoms. The Morgan fingerprint density at radius 2 is 2.17 bits per heavy atom. The van der Waals surface area contributed by atoms with E-state index in [0.717, 1.165) is 37.9 Å². The molecule has 3 heteroatoms. The molecule has 0 heterocycles. The van der Waals surface area contributed by atoms with Crippen molar-refractivity contribution < 1.29 is 9.84 Å². The van der Waals surface area contributed by atoms with Crippen LogP contribution in [0.15, 0.2) is 23.0 Å². The highest BCUT2D eigenvalue weighted by atomic mass is 16.5. The van der Waals surface area contributed by atoms with Gasteiger partial charge in [0.25, 0.3) is 0 Å². The minimum Gasteiger partial charge on any atom is -0.501 e. The Morgan fingerprint density at radius 1 is 1.33 bits per heavy atom. The van der Waals surface area contributed by atoms with E-state index in [2.05, 4.69) is 19.1 Å². The molecule has 0 aliphatic heterocycles. The summed E-state index contributed by atoms with van der Waals surface area (Å²) in [7, 11) is 1.78. The Labute approximate surface area is 145 Å². The molecule has 0 unspecified atom stereocenters. The molecule has 2 fully saturated rings. The van der Waals surface area contributed by atoms with Gasteiger partial charge in [-0.1, -0.05) is 18.1 Å². The van der Waals surface area contributed by atoms with Crippen molar-refractivity contribution in [3.63, 3.8) is 0 Å². The topological polar surface area (TPSA) is 53.2 Å². The fourth-order valence-corrected chi connectivity index (χ4v) is 6.58. The average molecular weight is 327 g/mol. The fourth-order valence-electron chi connectivity index (χ4n) is 6.58. The van der Waals surface area contributed by atoms with E-state index in [1.54, 1.807) is 18.3 Å². The van der Waals surface area contributed by atoms with Gasteiger partial charge in [-0.25, -0.2) is 0 Å². The Kier molecular flexibility index (Phi) is 3.80. The highest BCUT2D eigenvalue weighted by Crippen LogP contribution is 2.64. The predicted octanol–water partition coefficient (Wildman–Crippen LogP) is 4.49. The third-order valence-electron chi connectivity index (χ3n) is 8.01. The number of hydrogen-bond acceptors (Lipinski definition) is 3. The normalized spacial score (nSPS) is 44.1. The Bertz CT molecular complexity index is 643. The van der Waals surface area contributed by atoms with Gasteiger partial charge in [-0.3, -0.25) is 0 Å². The van der Waals surface area contributed by atoms with E-state index < -0.39 is 5.60 Å². The van der Waals surface area contributed by atoms with Gasteiger partial charge in [0.1, 0.15) is 0 Å². The standard InChI is InChI=1S/C21H29NO2/c1-20-9-7-17-16-6-4-15(24-2)13-14(16)3-5-18(17)19(20)8-10-21(20,23)11-12-22/h4,17-19,23H,3,5-11,13H2,1-2H3/t17-,18-,19+,20+,21-/m1/s1. The number of ether oxygens (including phenoxy) is 1. The van der Waals surface area contributed by atoms with E-state index in [9.17, 15) is 10.4 Å². The third kappa shape index (κ3) is 2.12. The molecule has 4 rings (SSSR count). The molecule has 0 aromatic heterocycles. The lowest BCUT2D eigenvalue weighted by molar-refractivity contribution is -0.104. The van der Waals surface area contributed by atoms with Crippen LogP contribution in [0.2, 0.25) is 0 Å². The van der Waals surface area contributed by atoms with Crippen molar-refractivity contribution in [2.75, 3.05) is 7.11 Å². The van der Waals surface area contributed by atoms with Gasteiger partial charge < -0.3 is 9.84 Å². The van der Waals surface area contributed by atoms with E-state index in [0.29, 0.717) is 24.2 Å². The van der Waals surface area contributed by atoms with Crippen LogP contribution in [0.3, 0.4) is 0 Å². The van der Waals surface area contributed by atoms with Gasteiger partial charge in [0.15, 0.2) is 0 Å². The van der Waals surface area contributed by atoms with Crippen LogP contribution in [0.25, 0.3) is 0 Å². The molecular weight excluding hydrogens is 298 g/mol. The first-order chi connectivity index (χ1) is 11.5. The SMILES string of the molecule is COC1=CCC2=C(CC[C@@H]3[C@@H]2CC[C@@]2(C)[C@H]3CC[C@@]2(O)CC#N)C1. The Morgan fingerprint density at radius 3 is 2.92 bits per heavy atom. The van der Waals surface area contributed by atoms with E-state index in [1.807, 2.05) is 0 Å². The highest BCUT2D eigenvalue weighted by molar-refractivity contribution is 5.33. The monoisotopic (exact) mass is 327 g/mol. The largest absolute Gasteiger partial charge is 0.501 e. The number of methoxy groups -OCH3 is 1. The van der Waals surface area contributed by atoms with E-state index in [1.165, 1.54) is 19.3 Å². The molecule has 4 aliphatic rings. The second-order valence-corrected chi connectivity index (χ2v) is 8.66. The van der Waals surface area contributed by atoms with Gasteiger partial charge in [0, 0.05) is 11.8 Å². The van der Waals surface area contributed by atoms with Crippen LogP contribution in [-0.2, 0) is 4.74 Å². The van der Waals surface area contributed by atoms with Crippen LogP contribution in [0.1, 0.15) is 64.7 Å². The number of hydrogen-bond donors (Lipinski definition) is 1. The van der Waals surface area contributed by atoms with Crippen molar-refractivity contribution in [1.82, 2.24) is 0 Å². The van der Waals surface area contributed by atoms with Crippen LogP contribution in [-0.4, -0.2) is 17.8 Å². The number of nitrogens with zero attached hydrogens (tertiary/aromatic N) is 1. The lowest BCUT2D eigenvalue weighted by atomic mass is 9.52. The van der Waals surface area contributed by atoms with Crippen molar-refractivity contribution in [3.8, 4) is 6.07 Å². The molecule has 0 saturated heterocycles. The third-order valence-corrected chi connectivity index (χ3v) is 8.01. The summed E-state index contributed by atoms with van der Waals surface area (Å²) in [5.41, 5.74) is 2.49. The summed E-state index contributed by atoms with van der Waals surface area (Å²) >= 11 is 0. The highest BCUT2D eigenvalue weighted by Gasteiger charge is 2.61. The fraction of sp³-hybridized carbons (Fsp3) is 0.762. The number of allylic oxidation sites excluding steroid dienone is 3. The summed E-state index contributed by atoms with van der Waals surface area (Å²) < 4.78 is 5.48. The maximum Gasteiger partial charge on any atom is 0.0959 e. The molecule has 0 aromatic carbocycles. The average Bonchev–Trinajstić information content (AvgIpc) is 2.86. The molecule has 0 amide bonds. The van der Waals surface area contributed by atoms with Crippen LogP contribution in [0.4, 0.5) is 0 Å². The summed E-state index contributed by atoms with van der Waals surface area (Å²) in [4.78, 5) is 0. The summed E-state index contributed by atoms with van der Waals surface area (Å²) in [6, 6.07) is 2.26. The molecule has 1 N–H and O–H groups in total. The van der Waals surface area contributed by atoms with E-state index >= 15 is 0 Å². The molecule has 0 radical (unpaired) electrons.